The van der Waals surface area contributed by atoms with Gasteiger partial charge in [0.15, 0.2) is 0 Å². The molecule has 6 heteroatoms. The number of rotatable bonds is 3. The summed E-state index contributed by atoms with van der Waals surface area (Å²) in [4.78, 5) is 21.4. The van der Waals surface area contributed by atoms with Crippen LogP contribution in [0.3, 0.4) is 0 Å². The second-order valence-electron chi connectivity index (χ2n) is 2.04. The minimum atomic E-state index is -1.44. The highest BCUT2D eigenvalue weighted by molar-refractivity contribution is 5.97. The molecule has 0 aliphatic heterocycles. The van der Waals surface area contributed by atoms with E-state index in [0.29, 0.717) is 0 Å². The third-order valence-corrected chi connectivity index (χ3v) is 0.984. The summed E-state index contributed by atoms with van der Waals surface area (Å²) in [6, 6.07) is -1.44. The van der Waals surface area contributed by atoms with Crippen molar-refractivity contribution < 1.29 is 19.8 Å². The van der Waals surface area contributed by atoms with Gasteiger partial charge in [0.2, 0.25) is 6.04 Å². The molecule has 66 valence electrons. The van der Waals surface area contributed by atoms with Crippen LogP contribution in [0.2, 0.25) is 0 Å². The molecule has 0 fully saturated rings. The third-order valence-electron chi connectivity index (χ3n) is 0.984. The van der Waals surface area contributed by atoms with Crippen LogP contribution in [0.1, 0.15) is 0 Å². The number of hydrogen-bond acceptors (Lipinski definition) is 3. The first-order valence-corrected chi connectivity index (χ1v) is 2.59. The van der Waals surface area contributed by atoms with Crippen molar-refractivity contribution in [2.75, 3.05) is 14.1 Å². The van der Waals surface area contributed by atoms with Crippen LogP contribution in [-0.4, -0.2) is 47.2 Å². The van der Waals surface area contributed by atoms with E-state index >= 15 is 0 Å². The van der Waals surface area contributed by atoms with Gasteiger partial charge in [-0.15, -0.1) is 12.4 Å². The lowest BCUT2D eigenvalue weighted by Crippen LogP contribution is -2.42. The fraction of sp³-hybridized carbons (Fsp3) is 0.600. The minimum Gasteiger partial charge on any atom is -0.480 e. The van der Waals surface area contributed by atoms with Gasteiger partial charge in [-0.3, -0.25) is 4.90 Å². The maximum absolute atomic E-state index is 10.2. The second kappa shape index (κ2) is 4.92. The van der Waals surface area contributed by atoms with Crippen LogP contribution in [0, 0.1) is 0 Å². The van der Waals surface area contributed by atoms with Crippen molar-refractivity contribution in [3.05, 3.63) is 0 Å². The summed E-state index contributed by atoms with van der Waals surface area (Å²) in [6.07, 6.45) is 0. The van der Waals surface area contributed by atoms with Crippen molar-refractivity contribution in [2.45, 2.75) is 6.04 Å². The van der Waals surface area contributed by atoms with E-state index in [1.165, 1.54) is 14.1 Å². The Labute approximate surface area is 70.0 Å². The van der Waals surface area contributed by atoms with Crippen molar-refractivity contribution in [1.29, 1.82) is 0 Å². The zero-order valence-electron chi connectivity index (χ0n) is 6.14. The number of carboxylic acid groups (broad SMARTS) is 2. The van der Waals surface area contributed by atoms with Crippen LogP contribution in [-0.2, 0) is 9.59 Å². The molecule has 5 nitrogen and oxygen atoms in total. The van der Waals surface area contributed by atoms with E-state index in [0.717, 1.165) is 4.90 Å². The Kier molecular flexibility index (Phi) is 5.74. The van der Waals surface area contributed by atoms with E-state index in [9.17, 15) is 9.59 Å². The topological polar surface area (TPSA) is 77.8 Å². The van der Waals surface area contributed by atoms with Crippen molar-refractivity contribution in [1.82, 2.24) is 4.90 Å². The number of halogens is 1. The van der Waals surface area contributed by atoms with E-state index in [4.69, 9.17) is 10.2 Å². The average Bonchev–Trinajstić information content (AvgIpc) is 1.59. The summed E-state index contributed by atoms with van der Waals surface area (Å²) in [6.45, 7) is 0. The van der Waals surface area contributed by atoms with Gasteiger partial charge in [-0.1, -0.05) is 0 Å². The van der Waals surface area contributed by atoms with Crippen LogP contribution in [0.4, 0.5) is 0 Å². The van der Waals surface area contributed by atoms with E-state index in [1.807, 2.05) is 0 Å². The summed E-state index contributed by atoms with van der Waals surface area (Å²) >= 11 is 0. The maximum Gasteiger partial charge on any atom is 0.332 e. The Bertz CT molecular complexity index is 145. The highest BCUT2D eigenvalue weighted by Crippen LogP contribution is 1.92. The van der Waals surface area contributed by atoms with Gasteiger partial charge in [0.05, 0.1) is 0 Å². The molecule has 0 aliphatic carbocycles. The van der Waals surface area contributed by atoms with Gasteiger partial charge >= 0.3 is 11.9 Å². The number of nitrogens with zero attached hydrogens (tertiary/aromatic N) is 1. The van der Waals surface area contributed by atoms with Crippen LogP contribution in [0.25, 0.3) is 0 Å². The van der Waals surface area contributed by atoms with Crippen molar-refractivity contribution in [3.63, 3.8) is 0 Å². The van der Waals surface area contributed by atoms with E-state index in [1.54, 1.807) is 0 Å². The molecule has 0 saturated heterocycles. The Balaban J connectivity index is 0. The zero-order chi connectivity index (χ0) is 8.31. The molecule has 0 amide bonds. The average molecular weight is 184 g/mol. The molecule has 0 rings (SSSR count). The Morgan fingerprint density at radius 2 is 1.45 bits per heavy atom. The number of hydrogen-bond donors (Lipinski definition) is 2. The number of aliphatic carboxylic acids is 2. The summed E-state index contributed by atoms with van der Waals surface area (Å²) in [7, 11) is 2.79. The predicted molar refractivity (Wildman–Crippen MR) is 40.0 cm³/mol. The molecule has 0 aromatic rings. The number of likely N-dealkylation sites (N-methyl/N-ethyl adjacent to an activating group) is 1. The maximum atomic E-state index is 10.2. The summed E-state index contributed by atoms with van der Waals surface area (Å²) < 4.78 is 0. The quantitative estimate of drug-likeness (QED) is 0.578. The Hall–Kier alpha value is -0.810. The smallest absolute Gasteiger partial charge is 0.332 e. The lowest BCUT2D eigenvalue weighted by atomic mass is 10.3. The Morgan fingerprint density at radius 3 is 1.45 bits per heavy atom. The monoisotopic (exact) mass is 183 g/mol. The highest BCUT2D eigenvalue weighted by Gasteiger charge is 2.27. The van der Waals surface area contributed by atoms with Gasteiger partial charge < -0.3 is 10.2 Å². The molecule has 0 radical (unpaired) electrons. The standard InChI is InChI=1S/C5H9NO4.ClH/c1-6(2)3(4(7)8)5(9)10;/h3H,1-2H3,(H,7,8)(H,9,10);1H. The molecular weight excluding hydrogens is 174 g/mol. The molecule has 0 bridgehead atoms. The molecule has 0 aliphatic rings. The lowest BCUT2D eigenvalue weighted by molar-refractivity contribution is -0.155. The zero-order valence-corrected chi connectivity index (χ0v) is 6.96. The van der Waals surface area contributed by atoms with Crippen molar-refractivity contribution >= 4 is 24.3 Å². The SMILES string of the molecule is CN(C)C(C(=O)O)C(=O)O.Cl. The summed E-state index contributed by atoms with van der Waals surface area (Å²) in [5, 5.41) is 16.6. The van der Waals surface area contributed by atoms with Gasteiger partial charge in [-0.2, -0.15) is 0 Å². The van der Waals surface area contributed by atoms with Crippen LogP contribution in [0.15, 0.2) is 0 Å². The normalized spacial score (nSPS) is 9.45. The molecule has 0 unspecified atom stereocenters. The van der Waals surface area contributed by atoms with Crippen LogP contribution >= 0.6 is 12.4 Å². The van der Waals surface area contributed by atoms with Gasteiger partial charge in [0.1, 0.15) is 0 Å². The second-order valence-corrected chi connectivity index (χ2v) is 2.04. The molecule has 0 heterocycles. The fourth-order valence-electron chi connectivity index (χ4n) is 0.547. The van der Waals surface area contributed by atoms with Crippen LogP contribution in [0.5, 0.6) is 0 Å². The number of carboxylic acids is 2. The molecule has 0 saturated carbocycles. The van der Waals surface area contributed by atoms with Crippen molar-refractivity contribution in [3.8, 4) is 0 Å². The molecule has 0 aromatic heterocycles. The highest BCUT2D eigenvalue weighted by atomic mass is 35.5. The fourth-order valence-corrected chi connectivity index (χ4v) is 0.547. The summed E-state index contributed by atoms with van der Waals surface area (Å²) in [5.41, 5.74) is 0. The molecular formula is C5H10ClNO4. The largest absolute Gasteiger partial charge is 0.480 e. The van der Waals surface area contributed by atoms with E-state index in [-0.39, 0.29) is 12.4 Å². The van der Waals surface area contributed by atoms with Gasteiger partial charge in [0.25, 0.3) is 0 Å². The number of carbonyl (C=O) groups is 2. The third kappa shape index (κ3) is 3.79. The van der Waals surface area contributed by atoms with Gasteiger partial charge in [-0.05, 0) is 14.1 Å². The van der Waals surface area contributed by atoms with Gasteiger partial charge in [0, 0.05) is 0 Å². The molecule has 2 N–H and O–H groups in total. The predicted octanol–water partition coefficient (Wildman–Crippen LogP) is -0.492. The minimum absolute atomic E-state index is 0. The summed E-state index contributed by atoms with van der Waals surface area (Å²) in [5.74, 6) is -2.70. The lowest BCUT2D eigenvalue weighted by Gasteiger charge is -2.14. The van der Waals surface area contributed by atoms with E-state index in [2.05, 4.69) is 0 Å². The molecule has 0 spiro atoms. The molecule has 11 heavy (non-hydrogen) atoms. The first-order chi connectivity index (χ1) is 4.46. The van der Waals surface area contributed by atoms with E-state index < -0.39 is 18.0 Å². The first-order valence-electron chi connectivity index (χ1n) is 2.59. The Morgan fingerprint density at radius 1 is 1.18 bits per heavy atom. The van der Waals surface area contributed by atoms with Crippen molar-refractivity contribution in [2.24, 2.45) is 0 Å². The molecule has 0 aromatic carbocycles. The molecule has 0 atom stereocenters. The van der Waals surface area contributed by atoms with Gasteiger partial charge in [-0.25, -0.2) is 9.59 Å². The van der Waals surface area contributed by atoms with Crippen LogP contribution < -0.4 is 0 Å². The first kappa shape index (κ1) is 12.8.